The number of benzene rings is 1. The number of ether oxygens (including phenoxy) is 2. The van der Waals surface area contributed by atoms with Crippen LogP contribution in [-0.4, -0.2) is 31.4 Å². The first-order valence-corrected chi connectivity index (χ1v) is 7.30. The smallest absolute Gasteiger partial charge is 0.139 e. The Balaban J connectivity index is 1.70. The monoisotopic (exact) mass is 292 g/mol. The molecule has 106 valence electrons. The molecule has 1 aromatic rings. The second kappa shape index (κ2) is 5.61. The minimum Gasteiger partial charge on any atom is -0.486 e. The second-order valence-electron chi connectivity index (χ2n) is 5.44. The molecule has 0 saturated carbocycles. The number of nitriles is 1. The standard InChI is InChI=1S/C15H17ClN2O2/c16-12-2-1-11(9-17)14(7-12)20-13-8-15(19-10-13)3-5-18-6-4-15/h1-2,7,13,18H,3-6,8,10H2. The largest absolute Gasteiger partial charge is 0.486 e. The van der Waals surface area contributed by atoms with Crippen LogP contribution >= 0.6 is 11.6 Å². The lowest BCUT2D eigenvalue weighted by molar-refractivity contribution is -0.0205. The van der Waals surface area contributed by atoms with Crippen LogP contribution in [0.5, 0.6) is 5.75 Å². The molecule has 3 rings (SSSR count). The van der Waals surface area contributed by atoms with Crippen molar-refractivity contribution in [2.75, 3.05) is 19.7 Å². The van der Waals surface area contributed by atoms with Gasteiger partial charge in [-0.1, -0.05) is 11.6 Å². The quantitative estimate of drug-likeness (QED) is 0.910. The molecule has 5 heteroatoms. The summed E-state index contributed by atoms with van der Waals surface area (Å²) in [7, 11) is 0. The summed E-state index contributed by atoms with van der Waals surface area (Å²) >= 11 is 5.97. The van der Waals surface area contributed by atoms with E-state index in [9.17, 15) is 0 Å². The molecular weight excluding hydrogens is 276 g/mol. The number of piperidine rings is 1. The fourth-order valence-electron chi connectivity index (χ4n) is 2.97. The van der Waals surface area contributed by atoms with Gasteiger partial charge in [0.15, 0.2) is 0 Å². The Morgan fingerprint density at radius 2 is 2.20 bits per heavy atom. The SMILES string of the molecule is N#Cc1ccc(Cl)cc1OC1COC2(CCNCC2)C1. The summed E-state index contributed by atoms with van der Waals surface area (Å²) in [5.74, 6) is 0.555. The van der Waals surface area contributed by atoms with Crippen LogP contribution in [-0.2, 0) is 4.74 Å². The molecule has 2 aliphatic heterocycles. The second-order valence-corrected chi connectivity index (χ2v) is 5.88. The zero-order valence-electron chi connectivity index (χ0n) is 11.2. The molecule has 2 saturated heterocycles. The highest BCUT2D eigenvalue weighted by Crippen LogP contribution is 2.36. The molecule has 0 aromatic heterocycles. The molecule has 2 heterocycles. The molecule has 20 heavy (non-hydrogen) atoms. The van der Waals surface area contributed by atoms with Crippen LogP contribution in [0.25, 0.3) is 0 Å². The first-order valence-electron chi connectivity index (χ1n) is 6.92. The van der Waals surface area contributed by atoms with E-state index in [-0.39, 0.29) is 11.7 Å². The van der Waals surface area contributed by atoms with Gasteiger partial charge in [0.2, 0.25) is 0 Å². The lowest BCUT2D eigenvalue weighted by Gasteiger charge is -2.32. The fourth-order valence-corrected chi connectivity index (χ4v) is 3.14. The molecule has 0 aliphatic carbocycles. The molecular formula is C15H17ClN2O2. The van der Waals surface area contributed by atoms with Crippen LogP contribution in [0.1, 0.15) is 24.8 Å². The lowest BCUT2D eigenvalue weighted by atomic mass is 9.89. The molecule has 4 nitrogen and oxygen atoms in total. The Labute approximate surface area is 123 Å². The minimum atomic E-state index is -0.0404. The van der Waals surface area contributed by atoms with E-state index < -0.39 is 0 Å². The third-order valence-electron chi connectivity index (χ3n) is 4.05. The van der Waals surface area contributed by atoms with Crippen molar-refractivity contribution in [2.24, 2.45) is 0 Å². The highest BCUT2D eigenvalue weighted by molar-refractivity contribution is 6.30. The zero-order chi connectivity index (χ0) is 14.0. The van der Waals surface area contributed by atoms with Crippen LogP contribution in [0, 0.1) is 11.3 Å². The predicted octanol–water partition coefficient (Wildman–Crippen LogP) is 2.50. The highest BCUT2D eigenvalue weighted by atomic mass is 35.5. The lowest BCUT2D eigenvalue weighted by Crippen LogP contribution is -2.41. The number of halogens is 1. The summed E-state index contributed by atoms with van der Waals surface area (Å²) in [4.78, 5) is 0. The molecule has 1 aromatic carbocycles. The van der Waals surface area contributed by atoms with Gasteiger partial charge >= 0.3 is 0 Å². The first kappa shape index (κ1) is 13.7. The van der Waals surface area contributed by atoms with Gasteiger partial charge in [0.25, 0.3) is 0 Å². The molecule has 2 fully saturated rings. The van der Waals surface area contributed by atoms with E-state index in [2.05, 4.69) is 11.4 Å². The molecule has 0 radical (unpaired) electrons. The van der Waals surface area contributed by atoms with Crippen molar-refractivity contribution >= 4 is 11.6 Å². The van der Waals surface area contributed by atoms with E-state index in [1.165, 1.54) is 0 Å². The zero-order valence-corrected chi connectivity index (χ0v) is 11.9. The van der Waals surface area contributed by atoms with Gasteiger partial charge in [0.05, 0.1) is 17.8 Å². The summed E-state index contributed by atoms with van der Waals surface area (Å²) in [6, 6.07) is 7.22. The third kappa shape index (κ3) is 2.76. The third-order valence-corrected chi connectivity index (χ3v) is 4.28. The number of hydrogen-bond donors (Lipinski definition) is 1. The van der Waals surface area contributed by atoms with Crippen molar-refractivity contribution in [1.29, 1.82) is 5.26 Å². The summed E-state index contributed by atoms with van der Waals surface area (Å²) in [6.07, 6.45) is 2.92. The molecule has 1 unspecified atom stereocenters. The van der Waals surface area contributed by atoms with Gasteiger partial charge in [0.1, 0.15) is 17.9 Å². The van der Waals surface area contributed by atoms with Crippen LogP contribution < -0.4 is 10.1 Å². The van der Waals surface area contributed by atoms with Crippen LogP contribution in [0.3, 0.4) is 0 Å². The van der Waals surface area contributed by atoms with Gasteiger partial charge < -0.3 is 14.8 Å². The average molecular weight is 293 g/mol. The first-order chi connectivity index (χ1) is 9.71. The van der Waals surface area contributed by atoms with E-state index >= 15 is 0 Å². The van der Waals surface area contributed by atoms with E-state index in [0.29, 0.717) is 22.9 Å². The Bertz CT molecular complexity index is 535. The van der Waals surface area contributed by atoms with Gasteiger partial charge in [0, 0.05) is 17.5 Å². The topological polar surface area (TPSA) is 54.3 Å². The fraction of sp³-hybridized carbons (Fsp3) is 0.533. The van der Waals surface area contributed by atoms with E-state index in [0.717, 1.165) is 32.4 Å². The van der Waals surface area contributed by atoms with Crippen molar-refractivity contribution in [3.63, 3.8) is 0 Å². The van der Waals surface area contributed by atoms with Gasteiger partial charge in [-0.3, -0.25) is 0 Å². The Morgan fingerprint density at radius 1 is 1.40 bits per heavy atom. The van der Waals surface area contributed by atoms with Crippen molar-refractivity contribution in [2.45, 2.75) is 31.0 Å². The summed E-state index contributed by atoms with van der Waals surface area (Å²) in [5, 5.41) is 13.0. The van der Waals surface area contributed by atoms with Gasteiger partial charge in [-0.15, -0.1) is 0 Å². The van der Waals surface area contributed by atoms with Crippen molar-refractivity contribution in [3.05, 3.63) is 28.8 Å². The predicted molar refractivity (Wildman–Crippen MR) is 76.0 cm³/mol. The average Bonchev–Trinajstić information content (AvgIpc) is 2.82. The summed E-state index contributed by atoms with van der Waals surface area (Å²) < 4.78 is 11.9. The number of hydrogen-bond acceptors (Lipinski definition) is 4. The molecule has 0 amide bonds. The van der Waals surface area contributed by atoms with E-state index in [1.54, 1.807) is 18.2 Å². The maximum absolute atomic E-state index is 9.11. The van der Waals surface area contributed by atoms with Crippen molar-refractivity contribution in [1.82, 2.24) is 5.32 Å². The van der Waals surface area contributed by atoms with Gasteiger partial charge in [-0.2, -0.15) is 5.26 Å². The molecule has 0 bridgehead atoms. The number of rotatable bonds is 2. The molecule has 1 atom stereocenters. The number of nitrogens with one attached hydrogen (secondary N) is 1. The Hall–Kier alpha value is -1.28. The molecule has 1 spiro atoms. The normalized spacial score (nSPS) is 24.5. The molecule has 2 aliphatic rings. The minimum absolute atomic E-state index is 0.00123. The summed E-state index contributed by atoms with van der Waals surface area (Å²) in [6.45, 7) is 2.57. The van der Waals surface area contributed by atoms with Gasteiger partial charge in [-0.25, -0.2) is 0 Å². The van der Waals surface area contributed by atoms with Crippen molar-refractivity contribution in [3.8, 4) is 11.8 Å². The van der Waals surface area contributed by atoms with Crippen LogP contribution in [0.4, 0.5) is 0 Å². The maximum atomic E-state index is 9.11. The number of nitrogens with zero attached hydrogens (tertiary/aromatic N) is 1. The van der Waals surface area contributed by atoms with Gasteiger partial charge in [-0.05, 0) is 38.1 Å². The summed E-state index contributed by atoms with van der Waals surface area (Å²) in [5.41, 5.74) is 0.474. The Morgan fingerprint density at radius 3 is 2.95 bits per heavy atom. The van der Waals surface area contributed by atoms with E-state index in [4.69, 9.17) is 26.3 Å². The van der Waals surface area contributed by atoms with E-state index in [1.807, 2.05) is 0 Å². The van der Waals surface area contributed by atoms with Crippen LogP contribution in [0.2, 0.25) is 5.02 Å². The Kier molecular flexibility index (Phi) is 3.84. The maximum Gasteiger partial charge on any atom is 0.139 e. The molecule has 1 N–H and O–H groups in total. The van der Waals surface area contributed by atoms with Crippen LogP contribution in [0.15, 0.2) is 18.2 Å². The van der Waals surface area contributed by atoms with Crippen molar-refractivity contribution < 1.29 is 9.47 Å². The highest BCUT2D eigenvalue weighted by Gasteiger charge is 2.42.